The third kappa shape index (κ3) is 3.65. The molecule has 1 aromatic rings. The number of hydrogen-bond acceptors (Lipinski definition) is 4. The second kappa shape index (κ2) is 6.63. The van der Waals surface area contributed by atoms with E-state index in [4.69, 9.17) is 5.11 Å². The van der Waals surface area contributed by atoms with Crippen molar-refractivity contribution in [2.75, 3.05) is 0 Å². The fourth-order valence-electron chi connectivity index (χ4n) is 1.94. The lowest BCUT2D eigenvalue weighted by molar-refractivity contribution is -0.143. The van der Waals surface area contributed by atoms with Crippen molar-refractivity contribution in [2.45, 2.75) is 24.9 Å². The van der Waals surface area contributed by atoms with Gasteiger partial charge < -0.3 is 15.1 Å². The maximum absolute atomic E-state index is 11.5. The van der Waals surface area contributed by atoms with Crippen LogP contribution in [0.5, 0.6) is 0 Å². The minimum Gasteiger partial charge on any atom is -0.481 e. The molecule has 3 N–H and O–H groups in total. The Bertz CT molecular complexity index is 504. The van der Waals surface area contributed by atoms with Crippen LogP contribution in [0.15, 0.2) is 24.5 Å². The Kier molecular flexibility index (Phi) is 5.42. The Morgan fingerprint density at radius 1 is 1.35 bits per heavy atom. The van der Waals surface area contributed by atoms with Crippen molar-refractivity contribution in [3.63, 3.8) is 0 Å². The van der Waals surface area contributed by atoms with Crippen molar-refractivity contribution >= 4 is 20.0 Å². The zero-order valence-corrected chi connectivity index (χ0v) is 11.8. The van der Waals surface area contributed by atoms with Gasteiger partial charge in [0.2, 0.25) is 8.03 Å². The molecule has 1 aromatic heterocycles. The van der Waals surface area contributed by atoms with Gasteiger partial charge in [0.1, 0.15) is 5.16 Å². The molecule has 7 nitrogen and oxygen atoms in total. The molecule has 0 saturated carbocycles. The molecule has 0 bridgehead atoms. The molecule has 1 heterocycles. The first-order valence-electron chi connectivity index (χ1n) is 5.86. The molecule has 0 aliphatic heterocycles. The van der Waals surface area contributed by atoms with Gasteiger partial charge in [0, 0.05) is 12.4 Å². The first-order chi connectivity index (χ1) is 9.28. The zero-order valence-electron chi connectivity index (χ0n) is 10.8. The van der Waals surface area contributed by atoms with Crippen LogP contribution in [0.1, 0.15) is 18.9 Å². The molecule has 0 aliphatic carbocycles. The van der Waals surface area contributed by atoms with E-state index >= 15 is 0 Å². The molecule has 0 amide bonds. The second-order valence-electron chi connectivity index (χ2n) is 4.67. The minimum atomic E-state index is -3.46. The highest BCUT2D eigenvalue weighted by molar-refractivity contribution is 7.41. The number of aliphatic carboxylic acids is 2. The third-order valence-electron chi connectivity index (χ3n) is 3.36. The maximum Gasteiger partial charge on any atom is 0.319 e. The Labute approximate surface area is 116 Å². The van der Waals surface area contributed by atoms with E-state index in [1.165, 1.54) is 12.4 Å². The summed E-state index contributed by atoms with van der Waals surface area (Å²) in [5, 5.41) is 16.2. The van der Waals surface area contributed by atoms with Crippen LogP contribution in [-0.2, 0) is 20.6 Å². The highest BCUT2D eigenvalue weighted by atomic mass is 31.1. The van der Waals surface area contributed by atoms with Crippen molar-refractivity contribution in [2.24, 2.45) is 5.92 Å². The van der Waals surface area contributed by atoms with Gasteiger partial charge in [0.05, 0.1) is 6.42 Å². The number of aromatic nitrogens is 1. The highest BCUT2D eigenvalue weighted by Crippen LogP contribution is 2.44. The lowest BCUT2D eigenvalue weighted by Crippen LogP contribution is -2.42. The monoisotopic (exact) mass is 301 g/mol. The Balaban J connectivity index is 3.14. The summed E-state index contributed by atoms with van der Waals surface area (Å²) in [5.41, 5.74) is 0.668. The van der Waals surface area contributed by atoms with Gasteiger partial charge in [-0.3, -0.25) is 19.1 Å². The van der Waals surface area contributed by atoms with Gasteiger partial charge in [0.15, 0.2) is 0 Å². The van der Waals surface area contributed by atoms with Crippen LogP contribution in [0.2, 0.25) is 0 Å². The average molecular weight is 301 g/mol. The van der Waals surface area contributed by atoms with Crippen molar-refractivity contribution in [3.05, 3.63) is 30.1 Å². The summed E-state index contributed by atoms with van der Waals surface area (Å²) in [7, 11) is -3.46. The van der Waals surface area contributed by atoms with Crippen LogP contribution >= 0.6 is 8.03 Å². The quantitative estimate of drug-likeness (QED) is 0.642. The average Bonchev–Trinajstić information content (AvgIpc) is 2.37. The van der Waals surface area contributed by atoms with E-state index in [-0.39, 0.29) is 6.42 Å². The summed E-state index contributed by atoms with van der Waals surface area (Å²) in [6, 6.07) is 3.23. The Morgan fingerprint density at radius 2 is 1.90 bits per heavy atom. The maximum atomic E-state index is 11.5. The summed E-state index contributed by atoms with van der Waals surface area (Å²) in [6.07, 6.45) is 2.57. The van der Waals surface area contributed by atoms with Gasteiger partial charge >= 0.3 is 11.9 Å². The normalized spacial score (nSPS) is 16.9. The fraction of sp³-hybridized carbons (Fsp3) is 0.417. The number of carboxylic acids is 2. The molecule has 3 atom stereocenters. The van der Waals surface area contributed by atoms with Crippen molar-refractivity contribution in [3.8, 4) is 0 Å². The van der Waals surface area contributed by atoms with Crippen molar-refractivity contribution < 1.29 is 29.3 Å². The van der Waals surface area contributed by atoms with E-state index in [1.807, 2.05) is 0 Å². The summed E-state index contributed by atoms with van der Waals surface area (Å²) < 4.78 is 11.5. The molecule has 0 aromatic carbocycles. The third-order valence-corrected chi connectivity index (χ3v) is 4.87. The predicted molar refractivity (Wildman–Crippen MR) is 70.9 cm³/mol. The number of pyridine rings is 1. The first-order valence-corrected chi connectivity index (χ1v) is 7.21. The lowest BCUT2D eigenvalue weighted by Gasteiger charge is -2.30. The molecular weight excluding hydrogens is 285 g/mol. The molecule has 0 spiro atoms. The Morgan fingerprint density at radius 3 is 2.30 bits per heavy atom. The topological polar surface area (TPSA) is 125 Å². The summed E-state index contributed by atoms with van der Waals surface area (Å²) in [6.45, 7) is 1.12. The summed E-state index contributed by atoms with van der Waals surface area (Å²) in [4.78, 5) is 35.4. The SMILES string of the molecule is CC(C(=O)O)(C(CC(=O)O)Cc1ccncc1)[PH](=O)O. The van der Waals surface area contributed by atoms with E-state index in [0.29, 0.717) is 5.56 Å². The van der Waals surface area contributed by atoms with Crippen LogP contribution in [0.4, 0.5) is 0 Å². The molecule has 0 fully saturated rings. The smallest absolute Gasteiger partial charge is 0.319 e. The van der Waals surface area contributed by atoms with E-state index in [2.05, 4.69) is 4.98 Å². The predicted octanol–water partition coefficient (Wildman–Crippen LogP) is 1.03. The van der Waals surface area contributed by atoms with E-state index < -0.39 is 37.5 Å². The fourth-order valence-corrected chi connectivity index (χ4v) is 2.67. The zero-order chi connectivity index (χ0) is 15.3. The van der Waals surface area contributed by atoms with Crippen LogP contribution < -0.4 is 0 Å². The Hall–Kier alpha value is -1.72. The number of hydrogen-bond donors (Lipinski definition) is 3. The van der Waals surface area contributed by atoms with Crippen LogP contribution in [0.3, 0.4) is 0 Å². The number of carbonyl (C=O) groups is 2. The summed E-state index contributed by atoms with van der Waals surface area (Å²) in [5.74, 6) is -3.67. The van der Waals surface area contributed by atoms with Crippen LogP contribution in [-0.4, -0.2) is 37.2 Å². The van der Waals surface area contributed by atoms with Crippen molar-refractivity contribution in [1.82, 2.24) is 4.98 Å². The highest BCUT2D eigenvalue weighted by Gasteiger charge is 2.47. The molecule has 8 heteroatoms. The number of carboxylic acid groups (broad SMARTS) is 2. The van der Waals surface area contributed by atoms with E-state index in [0.717, 1.165) is 6.92 Å². The molecule has 1 rings (SSSR count). The largest absolute Gasteiger partial charge is 0.481 e. The van der Waals surface area contributed by atoms with Crippen LogP contribution in [0, 0.1) is 5.92 Å². The lowest BCUT2D eigenvalue weighted by atomic mass is 9.85. The first kappa shape index (κ1) is 16.3. The standard InChI is InChI=1S/C12H16NO6P/c1-12(11(16)17,20(18)19)9(7-10(14)15)6-8-2-4-13-5-3-8/h2-5,9,20H,6-7H2,1H3,(H,14,15)(H,16,17)(H,18,19). The van der Waals surface area contributed by atoms with Gasteiger partial charge in [0.25, 0.3) is 0 Å². The van der Waals surface area contributed by atoms with Crippen LogP contribution in [0.25, 0.3) is 0 Å². The van der Waals surface area contributed by atoms with Gasteiger partial charge in [-0.05, 0) is 37.0 Å². The molecule has 0 radical (unpaired) electrons. The molecule has 20 heavy (non-hydrogen) atoms. The molecule has 3 unspecified atom stereocenters. The summed E-state index contributed by atoms with van der Waals surface area (Å²) >= 11 is 0. The van der Waals surface area contributed by atoms with Gasteiger partial charge in [-0.1, -0.05) is 0 Å². The minimum absolute atomic E-state index is 0.0780. The molecule has 0 saturated heterocycles. The van der Waals surface area contributed by atoms with E-state index in [9.17, 15) is 24.2 Å². The molecule has 110 valence electrons. The van der Waals surface area contributed by atoms with Crippen molar-refractivity contribution in [1.29, 1.82) is 0 Å². The second-order valence-corrected chi connectivity index (χ2v) is 6.32. The number of rotatable bonds is 7. The van der Waals surface area contributed by atoms with E-state index in [1.54, 1.807) is 12.1 Å². The van der Waals surface area contributed by atoms with Gasteiger partial charge in [-0.2, -0.15) is 0 Å². The van der Waals surface area contributed by atoms with Gasteiger partial charge in [-0.15, -0.1) is 0 Å². The number of nitrogens with zero attached hydrogens (tertiary/aromatic N) is 1. The molecule has 0 aliphatic rings. The van der Waals surface area contributed by atoms with Gasteiger partial charge in [-0.25, -0.2) is 0 Å². The molecular formula is C12H16NO6P.